The van der Waals surface area contributed by atoms with E-state index < -0.39 is 5.97 Å². The minimum atomic E-state index is -1.03. The molecule has 0 rings (SSSR count). The van der Waals surface area contributed by atoms with Gasteiger partial charge in [0.25, 0.3) is 0 Å². The Morgan fingerprint density at radius 1 is 0.574 bits per heavy atom. The normalized spacial score (nSPS) is 12.6. The molecule has 0 spiro atoms. The van der Waals surface area contributed by atoms with E-state index >= 15 is 0 Å². The van der Waals surface area contributed by atoms with Crippen molar-refractivity contribution in [2.45, 2.75) is 187 Å². The molecule has 0 aromatic heterocycles. The van der Waals surface area contributed by atoms with Gasteiger partial charge in [-0.1, -0.05) is 140 Å². The average molecular weight is 658 g/mol. The summed E-state index contributed by atoms with van der Waals surface area (Å²) < 4.78 is 5.79. The second kappa shape index (κ2) is 36.2. The smallest absolute Gasteiger partial charge is 0.322 e. The van der Waals surface area contributed by atoms with Gasteiger partial charge in [-0.25, -0.2) is 0 Å². The molecule has 0 saturated carbocycles. The molecule has 0 heterocycles. The van der Waals surface area contributed by atoms with Crippen LogP contribution in [-0.2, 0) is 19.1 Å². The number of carbonyl (C=O) groups is 3. The van der Waals surface area contributed by atoms with E-state index in [0.29, 0.717) is 12.8 Å². The maximum Gasteiger partial charge on any atom is 0.322 e. The topological polar surface area (TPSA) is 92.7 Å². The molecule has 1 atom stereocenters. The fourth-order valence-corrected chi connectivity index (χ4v) is 5.32. The Morgan fingerprint density at radius 2 is 1.09 bits per heavy atom. The second-order valence-corrected chi connectivity index (χ2v) is 12.8. The van der Waals surface area contributed by atoms with E-state index in [0.717, 1.165) is 70.6 Å². The van der Waals surface area contributed by atoms with Gasteiger partial charge in [0.05, 0.1) is 0 Å². The third-order valence-electron chi connectivity index (χ3n) is 8.19. The minimum Gasteiger partial charge on any atom is -0.480 e. The van der Waals surface area contributed by atoms with Gasteiger partial charge in [0, 0.05) is 12.8 Å². The summed E-state index contributed by atoms with van der Waals surface area (Å²) in [5.41, 5.74) is 0. The first-order valence-corrected chi connectivity index (χ1v) is 19.3. The summed E-state index contributed by atoms with van der Waals surface area (Å²) in [5, 5.41) is 11.0. The van der Waals surface area contributed by atoms with Crippen LogP contribution in [0.3, 0.4) is 0 Å². The van der Waals surface area contributed by atoms with Gasteiger partial charge in [-0.3, -0.25) is 14.4 Å². The first-order chi connectivity index (χ1) is 23.0. The van der Waals surface area contributed by atoms with Crippen molar-refractivity contribution in [2.24, 2.45) is 0 Å². The first kappa shape index (κ1) is 44.4. The molecule has 0 aliphatic carbocycles. The maximum atomic E-state index is 12.5. The van der Waals surface area contributed by atoms with Crippen molar-refractivity contribution >= 4 is 17.8 Å². The molecule has 270 valence electrons. The lowest BCUT2D eigenvalue weighted by Gasteiger charge is -2.15. The van der Waals surface area contributed by atoms with Gasteiger partial charge in [0.15, 0.2) is 0 Å². The molecule has 0 fully saturated rings. The molecular weight excluding hydrogens is 586 g/mol. The molecule has 0 aromatic carbocycles. The van der Waals surface area contributed by atoms with Gasteiger partial charge < -0.3 is 15.2 Å². The first-order valence-electron chi connectivity index (χ1n) is 19.3. The van der Waals surface area contributed by atoms with E-state index in [4.69, 9.17) is 9.84 Å². The molecule has 1 amide bonds. The number of carboxylic acid groups (broad SMARTS) is 1. The van der Waals surface area contributed by atoms with Crippen molar-refractivity contribution < 1.29 is 24.2 Å². The van der Waals surface area contributed by atoms with E-state index in [-0.39, 0.29) is 24.5 Å². The third-order valence-corrected chi connectivity index (χ3v) is 8.19. The number of amides is 1. The Hall–Kier alpha value is -2.63. The molecule has 6 nitrogen and oxygen atoms in total. The third kappa shape index (κ3) is 36.1. The van der Waals surface area contributed by atoms with Crippen LogP contribution in [0, 0.1) is 0 Å². The fraction of sp³-hybridized carbons (Fsp3) is 0.732. The van der Waals surface area contributed by atoms with Crippen molar-refractivity contribution in [1.82, 2.24) is 5.32 Å². The molecular formula is C41H71NO5. The number of hydrogen-bond donors (Lipinski definition) is 2. The molecule has 2 N–H and O–H groups in total. The lowest BCUT2D eigenvalue weighted by Crippen LogP contribution is -2.28. The van der Waals surface area contributed by atoms with Crippen molar-refractivity contribution in [3.63, 3.8) is 0 Å². The summed E-state index contributed by atoms with van der Waals surface area (Å²) in [7, 11) is 0. The van der Waals surface area contributed by atoms with Crippen LogP contribution in [0.2, 0.25) is 0 Å². The number of carbonyl (C=O) groups excluding carboxylic acids is 2. The Bertz CT molecular complexity index is 860. The van der Waals surface area contributed by atoms with Gasteiger partial charge in [-0.2, -0.15) is 0 Å². The fourth-order valence-electron chi connectivity index (χ4n) is 5.32. The number of hydrogen-bond acceptors (Lipinski definition) is 4. The number of rotatable bonds is 34. The molecule has 6 heteroatoms. The number of ether oxygens (including phenoxy) is 1. The number of carboxylic acids is 1. The van der Waals surface area contributed by atoms with Gasteiger partial charge >= 0.3 is 11.9 Å². The van der Waals surface area contributed by atoms with Crippen LogP contribution in [0.15, 0.2) is 48.6 Å². The van der Waals surface area contributed by atoms with Crippen LogP contribution in [-0.4, -0.2) is 35.6 Å². The minimum absolute atomic E-state index is 0.102. The van der Waals surface area contributed by atoms with Gasteiger partial charge in [-0.05, 0) is 76.7 Å². The molecule has 47 heavy (non-hydrogen) atoms. The zero-order valence-electron chi connectivity index (χ0n) is 30.4. The summed E-state index contributed by atoms with van der Waals surface area (Å²) in [4.78, 5) is 34.6. The summed E-state index contributed by atoms with van der Waals surface area (Å²) in [6.45, 7) is 4.07. The molecule has 0 saturated heterocycles. The highest BCUT2D eigenvalue weighted by Crippen LogP contribution is 2.15. The van der Waals surface area contributed by atoms with Crippen molar-refractivity contribution in [2.75, 3.05) is 6.54 Å². The van der Waals surface area contributed by atoms with Gasteiger partial charge in [0.1, 0.15) is 12.6 Å². The zero-order valence-corrected chi connectivity index (χ0v) is 30.4. The van der Waals surface area contributed by atoms with E-state index in [1.54, 1.807) is 0 Å². The highest BCUT2D eigenvalue weighted by Gasteiger charge is 2.11. The standard InChI is InChI=1S/C41H71NO5/c1-3-5-7-8-9-10-11-12-13-14-15-16-17-18-19-20-21-22-23-24-25-26-32-36-41(46)47-38(33-29-6-4-2)34-30-27-28-31-35-39(43)42-37-40(44)45/h11-12,14-15,17-18,29,33,38H,3-10,13,16,19-28,30-32,34-37H2,1-2H3,(H,42,43)(H,44,45)/b12-11-,15-14-,18-17-,33-29-. The van der Waals surface area contributed by atoms with E-state index in [1.165, 1.54) is 83.5 Å². The van der Waals surface area contributed by atoms with Crippen LogP contribution in [0.4, 0.5) is 0 Å². The van der Waals surface area contributed by atoms with Crippen LogP contribution >= 0.6 is 0 Å². The summed E-state index contributed by atoms with van der Waals surface area (Å²) >= 11 is 0. The Morgan fingerprint density at radius 3 is 1.66 bits per heavy atom. The Balaban J connectivity index is 3.77. The number of unbranched alkanes of at least 4 members (excludes halogenated alkanes) is 17. The quantitative estimate of drug-likeness (QED) is 0.0408. The second-order valence-electron chi connectivity index (χ2n) is 12.8. The molecule has 1 unspecified atom stereocenters. The number of esters is 1. The summed E-state index contributed by atoms with van der Waals surface area (Å²) in [5.74, 6) is -1.35. The molecule has 0 radical (unpaired) electrons. The largest absolute Gasteiger partial charge is 0.480 e. The van der Waals surface area contributed by atoms with Crippen molar-refractivity contribution in [3.05, 3.63) is 48.6 Å². The Labute approximate surface area is 289 Å². The highest BCUT2D eigenvalue weighted by atomic mass is 16.5. The van der Waals surface area contributed by atoms with Gasteiger partial charge in [0.2, 0.25) is 5.91 Å². The van der Waals surface area contributed by atoms with Crippen molar-refractivity contribution in [3.8, 4) is 0 Å². The lowest BCUT2D eigenvalue weighted by molar-refractivity contribution is -0.147. The number of aliphatic carboxylic acids is 1. The lowest BCUT2D eigenvalue weighted by atomic mass is 10.1. The predicted molar refractivity (Wildman–Crippen MR) is 198 cm³/mol. The van der Waals surface area contributed by atoms with E-state index in [2.05, 4.69) is 61.7 Å². The van der Waals surface area contributed by atoms with E-state index in [9.17, 15) is 14.4 Å². The molecule has 0 bridgehead atoms. The Kier molecular flexibility index (Phi) is 34.2. The summed E-state index contributed by atoms with van der Waals surface area (Å²) in [6.07, 6.45) is 45.7. The molecule has 0 aromatic rings. The molecule has 0 aliphatic heterocycles. The number of allylic oxidation sites excluding steroid dienone is 7. The van der Waals surface area contributed by atoms with Crippen LogP contribution < -0.4 is 5.32 Å². The zero-order chi connectivity index (χ0) is 34.5. The average Bonchev–Trinajstić information content (AvgIpc) is 3.05. The van der Waals surface area contributed by atoms with Gasteiger partial charge in [-0.15, -0.1) is 0 Å². The highest BCUT2D eigenvalue weighted by molar-refractivity contribution is 5.80. The van der Waals surface area contributed by atoms with Crippen LogP contribution in [0.25, 0.3) is 0 Å². The van der Waals surface area contributed by atoms with E-state index in [1.807, 2.05) is 6.08 Å². The SMILES string of the molecule is CCC/C=C\C(CCCCCCC(=O)NCC(=O)O)OC(=O)CCCCCCCCCC/C=C\C/C=C\C/C=C\CCCCCCC. The molecule has 0 aliphatic rings. The number of nitrogens with one attached hydrogen (secondary N) is 1. The van der Waals surface area contributed by atoms with Crippen LogP contribution in [0.5, 0.6) is 0 Å². The summed E-state index contributed by atoms with van der Waals surface area (Å²) in [6, 6.07) is 0. The van der Waals surface area contributed by atoms with Crippen LogP contribution in [0.1, 0.15) is 181 Å². The van der Waals surface area contributed by atoms with Crippen molar-refractivity contribution in [1.29, 1.82) is 0 Å². The predicted octanol–water partition coefficient (Wildman–Crippen LogP) is 11.5. The maximum absolute atomic E-state index is 12.5. The monoisotopic (exact) mass is 658 g/mol.